The highest BCUT2D eigenvalue weighted by Crippen LogP contribution is 2.35. The SMILES string of the molecule is O[C@@H](Cc1ccccc1)CN1CCN(CCSC(c2ccc(F)cc2)c2ccc(F)cc2)CC1. The van der Waals surface area contributed by atoms with Gasteiger partial charge >= 0.3 is 0 Å². The summed E-state index contributed by atoms with van der Waals surface area (Å²) in [7, 11) is 0. The van der Waals surface area contributed by atoms with Gasteiger partial charge in [-0.15, -0.1) is 11.8 Å². The van der Waals surface area contributed by atoms with Gasteiger partial charge in [0, 0.05) is 45.0 Å². The van der Waals surface area contributed by atoms with Crippen LogP contribution in [0.25, 0.3) is 0 Å². The minimum absolute atomic E-state index is 0.0376. The largest absolute Gasteiger partial charge is 0.391 e. The van der Waals surface area contributed by atoms with E-state index in [2.05, 4.69) is 21.9 Å². The number of nitrogens with zero attached hydrogens (tertiary/aromatic N) is 2. The molecule has 1 aliphatic rings. The van der Waals surface area contributed by atoms with Gasteiger partial charge in [-0.1, -0.05) is 54.6 Å². The summed E-state index contributed by atoms with van der Waals surface area (Å²) >= 11 is 1.81. The first-order valence-corrected chi connectivity index (χ1v) is 12.9. The molecule has 0 amide bonds. The summed E-state index contributed by atoms with van der Waals surface area (Å²) in [4.78, 5) is 4.80. The van der Waals surface area contributed by atoms with Gasteiger partial charge in [-0.05, 0) is 47.4 Å². The molecule has 1 heterocycles. The van der Waals surface area contributed by atoms with Crippen LogP contribution in [0.3, 0.4) is 0 Å². The lowest BCUT2D eigenvalue weighted by Gasteiger charge is -2.35. The summed E-state index contributed by atoms with van der Waals surface area (Å²) in [6.45, 7) is 5.54. The molecule has 1 N–H and O–H groups in total. The maximum Gasteiger partial charge on any atom is 0.123 e. The highest BCUT2D eigenvalue weighted by atomic mass is 32.2. The molecule has 1 atom stereocenters. The molecule has 3 aromatic carbocycles. The number of β-amino-alcohol motifs (C(OH)–C–C–N with tert-alkyl or cyclic N) is 1. The molecule has 0 aliphatic carbocycles. The number of rotatable bonds is 10. The second kappa shape index (κ2) is 12.5. The van der Waals surface area contributed by atoms with E-state index in [9.17, 15) is 13.9 Å². The van der Waals surface area contributed by atoms with Crippen LogP contribution in [0.4, 0.5) is 8.78 Å². The zero-order chi connectivity index (χ0) is 23.8. The molecule has 1 aliphatic heterocycles. The van der Waals surface area contributed by atoms with E-state index in [0.29, 0.717) is 13.0 Å². The van der Waals surface area contributed by atoms with Crippen molar-refractivity contribution >= 4 is 11.8 Å². The lowest BCUT2D eigenvalue weighted by molar-refractivity contribution is 0.0750. The fourth-order valence-corrected chi connectivity index (χ4v) is 5.70. The number of halogens is 2. The zero-order valence-electron chi connectivity index (χ0n) is 19.3. The summed E-state index contributed by atoms with van der Waals surface area (Å²) in [6.07, 6.45) is 0.336. The van der Waals surface area contributed by atoms with E-state index < -0.39 is 0 Å². The van der Waals surface area contributed by atoms with Gasteiger partial charge in [0.2, 0.25) is 0 Å². The monoisotopic (exact) mass is 482 g/mol. The summed E-state index contributed by atoms with van der Waals surface area (Å²) in [5.41, 5.74) is 3.22. The van der Waals surface area contributed by atoms with E-state index in [0.717, 1.165) is 49.6 Å². The number of thioether (sulfide) groups is 1. The van der Waals surface area contributed by atoms with Crippen molar-refractivity contribution in [3.8, 4) is 0 Å². The van der Waals surface area contributed by atoms with E-state index in [4.69, 9.17) is 0 Å². The van der Waals surface area contributed by atoms with Crippen LogP contribution in [0, 0.1) is 11.6 Å². The molecule has 3 aromatic rings. The molecule has 3 nitrogen and oxygen atoms in total. The predicted octanol–water partition coefficient (Wildman–Crippen LogP) is 5.01. The van der Waals surface area contributed by atoms with Crippen molar-refractivity contribution in [1.29, 1.82) is 0 Å². The third-order valence-electron chi connectivity index (χ3n) is 6.29. The number of aliphatic hydroxyl groups is 1. The van der Waals surface area contributed by atoms with Crippen LogP contribution in [0.1, 0.15) is 21.9 Å². The minimum atomic E-state index is -0.350. The van der Waals surface area contributed by atoms with Crippen LogP contribution in [0.5, 0.6) is 0 Å². The Hall–Kier alpha value is -2.25. The van der Waals surface area contributed by atoms with E-state index in [-0.39, 0.29) is 23.0 Å². The molecule has 1 fully saturated rings. The summed E-state index contributed by atoms with van der Waals surface area (Å²) in [5.74, 6) is 0.424. The molecule has 4 rings (SSSR count). The molecular weight excluding hydrogens is 450 g/mol. The van der Waals surface area contributed by atoms with Gasteiger partial charge in [0.1, 0.15) is 11.6 Å². The topological polar surface area (TPSA) is 26.7 Å². The van der Waals surface area contributed by atoms with Crippen molar-refractivity contribution in [1.82, 2.24) is 9.80 Å². The van der Waals surface area contributed by atoms with Crippen molar-refractivity contribution in [2.24, 2.45) is 0 Å². The molecule has 0 aromatic heterocycles. The third-order valence-corrected chi connectivity index (χ3v) is 7.58. The lowest BCUT2D eigenvalue weighted by atomic mass is 10.0. The number of piperazine rings is 1. The summed E-state index contributed by atoms with van der Waals surface area (Å²) in [6, 6.07) is 23.3. The number of benzene rings is 3. The fraction of sp³-hybridized carbons (Fsp3) is 0.357. The molecular formula is C28H32F2N2OS. The van der Waals surface area contributed by atoms with Crippen LogP contribution in [0.2, 0.25) is 0 Å². The van der Waals surface area contributed by atoms with Gasteiger partial charge < -0.3 is 5.11 Å². The maximum atomic E-state index is 13.4. The molecule has 0 saturated carbocycles. The quantitative estimate of drug-likeness (QED) is 0.440. The van der Waals surface area contributed by atoms with Gasteiger partial charge in [0.05, 0.1) is 11.4 Å². The van der Waals surface area contributed by atoms with Crippen molar-refractivity contribution in [2.75, 3.05) is 45.0 Å². The van der Waals surface area contributed by atoms with Crippen LogP contribution in [-0.4, -0.2) is 66.0 Å². The smallest absolute Gasteiger partial charge is 0.123 e. The maximum absolute atomic E-state index is 13.4. The van der Waals surface area contributed by atoms with Gasteiger partial charge in [-0.25, -0.2) is 8.78 Å². The fourth-order valence-electron chi connectivity index (χ4n) is 4.40. The van der Waals surface area contributed by atoms with Crippen LogP contribution in [0.15, 0.2) is 78.9 Å². The Morgan fingerprint density at radius 1 is 0.735 bits per heavy atom. The number of hydrogen-bond donors (Lipinski definition) is 1. The van der Waals surface area contributed by atoms with Crippen LogP contribution >= 0.6 is 11.8 Å². The van der Waals surface area contributed by atoms with Gasteiger partial charge in [-0.3, -0.25) is 9.80 Å². The van der Waals surface area contributed by atoms with Crippen molar-refractivity contribution in [3.63, 3.8) is 0 Å². The van der Waals surface area contributed by atoms with E-state index in [1.807, 2.05) is 42.5 Å². The lowest BCUT2D eigenvalue weighted by Crippen LogP contribution is -2.49. The molecule has 6 heteroatoms. The number of hydrogen-bond acceptors (Lipinski definition) is 4. The average Bonchev–Trinajstić information content (AvgIpc) is 2.85. The highest BCUT2D eigenvalue weighted by Gasteiger charge is 2.20. The average molecular weight is 483 g/mol. The third kappa shape index (κ3) is 7.37. The zero-order valence-corrected chi connectivity index (χ0v) is 20.1. The van der Waals surface area contributed by atoms with Crippen molar-refractivity contribution < 1.29 is 13.9 Å². The highest BCUT2D eigenvalue weighted by molar-refractivity contribution is 7.99. The van der Waals surface area contributed by atoms with Crippen molar-refractivity contribution in [2.45, 2.75) is 17.8 Å². The first kappa shape index (κ1) is 24.9. The summed E-state index contributed by atoms with van der Waals surface area (Å²) < 4.78 is 26.9. The molecule has 0 radical (unpaired) electrons. The summed E-state index contributed by atoms with van der Waals surface area (Å²) in [5, 5.41) is 10.5. The Morgan fingerprint density at radius 2 is 1.26 bits per heavy atom. The Labute approximate surface area is 205 Å². The molecule has 0 spiro atoms. The van der Waals surface area contributed by atoms with E-state index in [1.165, 1.54) is 29.8 Å². The minimum Gasteiger partial charge on any atom is -0.391 e. The second-order valence-electron chi connectivity index (χ2n) is 8.84. The van der Waals surface area contributed by atoms with Gasteiger partial charge in [0.25, 0.3) is 0 Å². The van der Waals surface area contributed by atoms with Gasteiger partial charge in [-0.2, -0.15) is 0 Å². The van der Waals surface area contributed by atoms with Crippen LogP contribution in [-0.2, 0) is 6.42 Å². The molecule has 34 heavy (non-hydrogen) atoms. The molecule has 180 valence electrons. The molecule has 0 bridgehead atoms. The second-order valence-corrected chi connectivity index (χ2v) is 10.1. The standard InChI is InChI=1S/C28H32F2N2OS/c29-25-10-6-23(7-11-25)28(24-8-12-26(30)13-9-24)34-19-18-31-14-16-32(17-15-31)21-27(33)20-22-4-2-1-3-5-22/h1-13,27-28,33H,14-21H2/t27-/m0/s1. The first-order valence-electron chi connectivity index (χ1n) is 11.9. The van der Waals surface area contributed by atoms with E-state index >= 15 is 0 Å². The Balaban J connectivity index is 1.24. The number of aliphatic hydroxyl groups excluding tert-OH is 1. The Bertz CT molecular complexity index is 948. The van der Waals surface area contributed by atoms with E-state index in [1.54, 1.807) is 11.8 Å². The van der Waals surface area contributed by atoms with Gasteiger partial charge in [0.15, 0.2) is 0 Å². The Kier molecular flexibility index (Phi) is 9.11. The molecule has 1 saturated heterocycles. The van der Waals surface area contributed by atoms with Crippen molar-refractivity contribution in [3.05, 3.63) is 107 Å². The first-order chi connectivity index (χ1) is 16.6. The Morgan fingerprint density at radius 3 is 1.82 bits per heavy atom. The predicted molar refractivity (Wildman–Crippen MR) is 136 cm³/mol. The molecule has 0 unspecified atom stereocenters. The van der Waals surface area contributed by atoms with Crippen LogP contribution < -0.4 is 0 Å². The normalized spacial score (nSPS) is 16.1.